The molecule has 4 aliphatic heterocycles. The van der Waals surface area contributed by atoms with Gasteiger partial charge in [0, 0.05) is 32.3 Å². The minimum Gasteiger partial charge on any atom is -0.462 e. The van der Waals surface area contributed by atoms with Crippen molar-refractivity contribution in [1.29, 1.82) is 0 Å². The van der Waals surface area contributed by atoms with Crippen LogP contribution in [-0.2, 0) is 28.5 Å². The van der Waals surface area contributed by atoms with E-state index in [0.717, 1.165) is 17.6 Å². The van der Waals surface area contributed by atoms with Crippen LogP contribution in [0, 0.1) is 17.8 Å². The summed E-state index contributed by atoms with van der Waals surface area (Å²) in [4.78, 5) is 14.1. The monoisotopic (exact) mass is 598 g/mol. The fourth-order valence-corrected chi connectivity index (χ4v) is 7.68. The van der Waals surface area contributed by atoms with Crippen molar-refractivity contribution in [3.8, 4) is 0 Å². The molecule has 11 atom stereocenters. The van der Waals surface area contributed by atoms with Crippen molar-refractivity contribution in [3.05, 3.63) is 58.7 Å². The van der Waals surface area contributed by atoms with Gasteiger partial charge in [0.1, 0.15) is 29.8 Å². The molecular formula is C35H50O8. The number of hydrogen-bond acceptors (Lipinski definition) is 8. The van der Waals surface area contributed by atoms with Crippen LogP contribution in [0.15, 0.2) is 58.7 Å². The van der Waals surface area contributed by atoms with Gasteiger partial charge in [-0.05, 0) is 63.2 Å². The van der Waals surface area contributed by atoms with Gasteiger partial charge in [-0.2, -0.15) is 0 Å². The van der Waals surface area contributed by atoms with Crippen LogP contribution in [0.5, 0.6) is 0 Å². The lowest BCUT2D eigenvalue weighted by Gasteiger charge is -2.51. The van der Waals surface area contributed by atoms with Gasteiger partial charge < -0.3 is 33.9 Å². The van der Waals surface area contributed by atoms with Crippen molar-refractivity contribution in [2.75, 3.05) is 13.7 Å². The number of fused-ring (bicyclic) bond motifs is 2. The molecule has 0 unspecified atom stereocenters. The van der Waals surface area contributed by atoms with E-state index in [2.05, 4.69) is 26.0 Å². The summed E-state index contributed by atoms with van der Waals surface area (Å²) in [5.41, 5.74) is 2.11. The summed E-state index contributed by atoms with van der Waals surface area (Å²) in [6.07, 6.45) is 11.6. The summed E-state index contributed by atoms with van der Waals surface area (Å²) >= 11 is 0. The standard InChI is InChI=1S/C35H50O8/c1-8-22(4)30-24(6)29(36)18-34(43-30)17-27-16-26(42-34)13-12-21(3)14-20(2)10-9-11-25-19-40-32-31(39-7)23(5)15-28(33(37)41-27)35(25,32)38/h8-12,15,20,24,26-32,36,38H,13-14,16-19H2,1-7H3/b10-9?,21-12+,22-8+,25-11+/t20-,24-,26+,27-,28-,29-,30+,31+,32+,34-,35+/m1/s1. The average Bonchev–Trinajstić information content (AvgIpc) is 3.29. The molecule has 8 nitrogen and oxygen atoms in total. The molecule has 5 rings (SSSR count). The van der Waals surface area contributed by atoms with E-state index in [-0.39, 0.29) is 30.7 Å². The Kier molecular flexibility index (Phi) is 9.58. The van der Waals surface area contributed by atoms with Gasteiger partial charge in [-0.15, -0.1) is 0 Å². The molecule has 0 aromatic carbocycles. The van der Waals surface area contributed by atoms with Crippen molar-refractivity contribution in [1.82, 2.24) is 0 Å². The molecule has 238 valence electrons. The van der Waals surface area contributed by atoms with E-state index in [1.54, 1.807) is 13.2 Å². The molecular weight excluding hydrogens is 548 g/mol. The predicted octanol–water partition coefficient (Wildman–Crippen LogP) is 5.11. The molecule has 0 saturated carbocycles. The number of carbonyl (C=O) groups is 1. The Bertz CT molecular complexity index is 1210. The molecule has 0 aromatic rings. The van der Waals surface area contributed by atoms with Crippen LogP contribution in [0.4, 0.5) is 0 Å². The van der Waals surface area contributed by atoms with Crippen LogP contribution >= 0.6 is 0 Å². The second kappa shape index (κ2) is 12.7. The quantitative estimate of drug-likeness (QED) is 0.334. The minimum atomic E-state index is -1.61. The maximum atomic E-state index is 14.1. The highest BCUT2D eigenvalue weighted by Gasteiger charge is 2.60. The molecule has 5 aliphatic rings. The third-order valence-corrected chi connectivity index (χ3v) is 10.2. The number of methoxy groups -OCH3 is 1. The van der Waals surface area contributed by atoms with E-state index in [0.29, 0.717) is 31.3 Å². The number of aliphatic hydroxyl groups excluding tert-OH is 1. The number of hydrogen-bond donors (Lipinski definition) is 2. The van der Waals surface area contributed by atoms with E-state index < -0.39 is 47.7 Å². The Morgan fingerprint density at radius 1 is 1.16 bits per heavy atom. The summed E-state index contributed by atoms with van der Waals surface area (Å²) in [7, 11) is 1.59. The summed E-state index contributed by atoms with van der Waals surface area (Å²) in [5, 5.41) is 23.5. The fraction of sp³-hybridized carbons (Fsp3) is 0.686. The lowest BCUT2D eigenvalue weighted by atomic mass is 9.70. The number of carbonyl (C=O) groups excluding carboxylic acids is 1. The number of rotatable bonds is 2. The first kappa shape index (κ1) is 32.3. The van der Waals surface area contributed by atoms with Crippen LogP contribution in [-0.4, -0.2) is 77.9 Å². The molecule has 3 fully saturated rings. The maximum absolute atomic E-state index is 14.1. The van der Waals surface area contributed by atoms with Gasteiger partial charge in [0.2, 0.25) is 0 Å². The van der Waals surface area contributed by atoms with E-state index in [1.165, 1.54) is 5.57 Å². The average molecular weight is 599 g/mol. The largest absolute Gasteiger partial charge is 0.462 e. The third-order valence-electron chi connectivity index (χ3n) is 10.2. The lowest BCUT2D eigenvalue weighted by molar-refractivity contribution is -0.342. The van der Waals surface area contributed by atoms with Crippen LogP contribution < -0.4 is 0 Å². The first-order valence-electron chi connectivity index (χ1n) is 15.9. The van der Waals surface area contributed by atoms with Gasteiger partial charge in [-0.25, -0.2) is 0 Å². The van der Waals surface area contributed by atoms with Crippen molar-refractivity contribution in [3.63, 3.8) is 0 Å². The highest BCUT2D eigenvalue weighted by atomic mass is 16.7. The maximum Gasteiger partial charge on any atom is 0.316 e. The predicted molar refractivity (Wildman–Crippen MR) is 163 cm³/mol. The number of esters is 1. The Balaban J connectivity index is 1.54. The smallest absolute Gasteiger partial charge is 0.316 e. The third kappa shape index (κ3) is 6.24. The molecule has 1 spiro atoms. The summed E-state index contributed by atoms with van der Waals surface area (Å²) in [6.45, 7) is 12.3. The van der Waals surface area contributed by atoms with E-state index in [1.807, 2.05) is 45.9 Å². The second-order valence-corrected chi connectivity index (χ2v) is 13.5. The molecule has 0 radical (unpaired) electrons. The number of allylic oxidation sites excluding steroid dienone is 5. The van der Waals surface area contributed by atoms with Gasteiger partial charge in [-0.1, -0.05) is 55.9 Å². The molecule has 4 heterocycles. The molecule has 1 aliphatic carbocycles. The lowest BCUT2D eigenvalue weighted by Crippen LogP contribution is -2.59. The number of aliphatic hydroxyl groups is 2. The van der Waals surface area contributed by atoms with Crippen LogP contribution in [0.2, 0.25) is 0 Å². The zero-order chi connectivity index (χ0) is 31.1. The van der Waals surface area contributed by atoms with E-state index in [9.17, 15) is 15.0 Å². The molecule has 0 amide bonds. The van der Waals surface area contributed by atoms with Gasteiger partial charge in [0.25, 0.3) is 0 Å². The van der Waals surface area contributed by atoms with Crippen molar-refractivity contribution in [2.45, 2.75) is 122 Å². The van der Waals surface area contributed by atoms with Crippen LogP contribution in [0.1, 0.15) is 73.6 Å². The Morgan fingerprint density at radius 3 is 2.65 bits per heavy atom. The van der Waals surface area contributed by atoms with E-state index in [4.69, 9.17) is 23.7 Å². The van der Waals surface area contributed by atoms with Crippen LogP contribution in [0.25, 0.3) is 0 Å². The van der Waals surface area contributed by atoms with Crippen LogP contribution in [0.3, 0.4) is 0 Å². The molecule has 2 N–H and O–H groups in total. The Labute approximate surface area is 256 Å². The molecule has 2 bridgehead atoms. The normalized spacial score (nSPS) is 46.7. The van der Waals surface area contributed by atoms with E-state index >= 15 is 0 Å². The van der Waals surface area contributed by atoms with Crippen molar-refractivity contribution in [2.24, 2.45) is 17.8 Å². The zero-order valence-electron chi connectivity index (χ0n) is 26.7. The number of ether oxygens (including phenoxy) is 5. The summed E-state index contributed by atoms with van der Waals surface area (Å²) < 4.78 is 31.5. The highest BCUT2D eigenvalue weighted by molar-refractivity contribution is 5.78. The zero-order valence-corrected chi connectivity index (χ0v) is 26.7. The molecule has 0 aromatic heterocycles. The Hall–Kier alpha value is -2.07. The summed E-state index contributed by atoms with van der Waals surface area (Å²) in [6, 6.07) is 0. The Morgan fingerprint density at radius 2 is 1.93 bits per heavy atom. The first-order chi connectivity index (χ1) is 20.4. The van der Waals surface area contributed by atoms with Crippen molar-refractivity contribution < 1.29 is 38.7 Å². The van der Waals surface area contributed by atoms with Gasteiger partial charge in [-0.3, -0.25) is 4.79 Å². The van der Waals surface area contributed by atoms with Gasteiger partial charge in [0.15, 0.2) is 5.79 Å². The molecule has 8 heteroatoms. The highest BCUT2D eigenvalue weighted by Crippen LogP contribution is 2.48. The SMILES string of the molecule is C/C=C(\C)[C@@H]1O[C@]2(C[C@H]3C[C@H](C/C=C(\C)C[C@H](C)C=C/C=C4\CO[C@H]5[C@@H](OC)C(C)=C[C@H](C(=O)O3)[C@@]45O)O2)C[C@@H](O)[C@H]1C. The molecule has 43 heavy (non-hydrogen) atoms. The second-order valence-electron chi connectivity index (χ2n) is 13.5. The molecule has 3 saturated heterocycles. The first-order valence-corrected chi connectivity index (χ1v) is 15.9. The fourth-order valence-electron chi connectivity index (χ4n) is 7.68. The van der Waals surface area contributed by atoms with Gasteiger partial charge >= 0.3 is 5.97 Å². The topological polar surface area (TPSA) is 104 Å². The van der Waals surface area contributed by atoms with Gasteiger partial charge in [0.05, 0.1) is 24.9 Å². The summed E-state index contributed by atoms with van der Waals surface area (Å²) in [5.74, 6) is -2.41. The minimum absolute atomic E-state index is 0.100. The van der Waals surface area contributed by atoms with Crippen molar-refractivity contribution >= 4 is 5.97 Å².